The number of aromatic nitrogens is 3. The number of hydrogen-bond acceptors (Lipinski definition) is 5. The molecule has 0 aliphatic carbocycles. The highest BCUT2D eigenvalue weighted by Gasteiger charge is 2.58. The summed E-state index contributed by atoms with van der Waals surface area (Å²) < 4.78 is 1.24. The van der Waals surface area contributed by atoms with E-state index in [1.165, 1.54) is 9.58 Å². The molecule has 1 amide bonds. The molecule has 8 nitrogen and oxygen atoms in total. The lowest BCUT2D eigenvalue weighted by Gasteiger charge is -2.41. The van der Waals surface area contributed by atoms with Crippen LogP contribution < -0.4 is 10.5 Å². The van der Waals surface area contributed by atoms with Gasteiger partial charge in [-0.1, -0.05) is 42.0 Å². The highest BCUT2D eigenvalue weighted by molar-refractivity contribution is 6.07. The third kappa shape index (κ3) is 2.22. The van der Waals surface area contributed by atoms with E-state index in [0.717, 1.165) is 5.56 Å². The molecule has 1 fully saturated rings. The van der Waals surface area contributed by atoms with E-state index in [2.05, 4.69) is 10.1 Å². The maximum absolute atomic E-state index is 12.8. The molecule has 1 aromatic heterocycles. The molecule has 1 N–H and O–H groups in total. The van der Waals surface area contributed by atoms with Gasteiger partial charge in [-0.25, -0.2) is 9.48 Å². The Morgan fingerprint density at radius 2 is 1.83 bits per heavy atom. The van der Waals surface area contributed by atoms with Crippen LogP contribution in [0.2, 0.25) is 0 Å². The Kier molecular flexibility index (Phi) is 3.48. The Bertz CT molecular complexity index is 1250. The van der Waals surface area contributed by atoms with Crippen molar-refractivity contribution >= 4 is 17.6 Å². The number of rotatable bonds is 2. The first kappa shape index (κ1) is 17.3. The zero-order valence-electron chi connectivity index (χ0n) is 15.5. The normalized spacial score (nSPS) is 19.5. The lowest BCUT2D eigenvalue weighted by atomic mass is 10.00. The Morgan fingerprint density at radius 3 is 2.55 bits per heavy atom. The van der Waals surface area contributed by atoms with E-state index in [-0.39, 0.29) is 30.3 Å². The zero-order valence-corrected chi connectivity index (χ0v) is 15.5. The average Bonchev–Trinajstić information content (AvgIpc) is 3.07. The summed E-state index contributed by atoms with van der Waals surface area (Å²) in [6, 6.07) is 14.0. The smallest absolute Gasteiger partial charge is 0.353 e. The SMILES string of the molecule is Cc1ccc(-c2nn3c(nc2=O)-c2ccccc2N2C(=O)CC[C@]23C(=O)O)cc1. The quantitative estimate of drug-likeness (QED) is 0.721. The molecule has 8 heteroatoms. The Labute approximate surface area is 165 Å². The van der Waals surface area contributed by atoms with Crippen molar-refractivity contribution in [3.05, 3.63) is 64.4 Å². The van der Waals surface area contributed by atoms with Gasteiger partial charge in [-0.05, 0) is 19.1 Å². The van der Waals surface area contributed by atoms with E-state index in [9.17, 15) is 19.5 Å². The number of carbonyl (C=O) groups is 2. The molecule has 0 bridgehead atoms. The third-order valence-corrected chi connectivity index (χ3v) is 5.52. The lowest BCUT2D eigenvalue weighted by Crippen LogP contribution is -2.58. The van der Waals surface area contributed by atoms with Crippen molar-refractivity contribution in [2.75, 3.05) is 4.90 Å². The second-order valence-corrected chi connectivity index (χ2v) is 7.24. The van der Waals surface area contributed by atoms with Crippen LogP contribution in [-0.2, 0) is 15.3 Å². The van der Waals surface area contributed by atoms with Gasteiger partial charge >= 0.3 is 5.97 Å². The number of benzene rings is 2. The fourth-order valence-electron chi connectivity index (χ4n) is 4.11. The number of para-hydroxylation sites is 1. The van der Waals surface area contributed by atoms with Crippen molar-refractivity contribution in [2.24, 2.45) is 0 Å². The number of nitrogens with zero attached hydrogens (tertiary/aromatic N) is 4. The summed E-state index contributed by atoms with van der Waals surface area (Å²) in [5, 5.41) is 14.6. The average molecular weight is 388 g/mol. The number of amides is 1. The highest BCUT2D eigenvalue weighted by Crippen LogP contribution is 2.47. The fourth-order valence-corrected chi connectivity index (χ4v) is 4.11. The van der Waals surface area contributed by atoms with Gasteiger partial charge in [-0.3, -0.25) is 14.5 Å². The van der Waals surface area contributed by atoms with Gasteiger partial charge in [0.2, 0.25) is 11.6 Å². The van der Waals surface area contributed by atoms with Crippen LogP contribution >= 0.6 is 0 Å². The van der Waals surface area contributed by atoms with Crippen LogP contribution in [0.3, 0.4) is 0 Å². The van der Waals surface area contributed by atoms with Crippen molar-refractivity contribution in [1.82, 2.24) is 14.8 Å². The number of fused-ring (bicyclic) bond motifs is 6. The molecule has 1 atom stereocenters. The molecule has 0 radical (unpaired) electrons. The van der Waals surface area contributed by atoms with Crippen LogP contribution in [0.1, 0.15) is 18.4 Å². The summed E-state index contributed by atoms with van der Waals surface area (Å²) in [5.74, 6) is -1.37. The minimum atomic E-state index is -1.75. The van der Waals surface area contributed by atoms with E-state index in [1.807, 2.05) is 19.1 Å². The molecular weight excluding hydrogens is 372 g/mol. The van der Waals surface area contributed by atoms with Gasteiger partial charge in [0.25, 0.3) is 5.56 Å². The van der Waals surface area contributed by atoms with Gasteiger partial charge in [0.1, 0.15) is 0 Å². The van der Waals surface area contributed by atoms with Crippen LogP contribution in [0.15, 0.2) is 53.3 Å². The number of carboxylic acid groups (broad SMARTS) is 1. The van der Waals surface area contributed by atoms with E-state index in [0.29, 0.717) is 16.8 Å². The molecule has 2 aliphatic heterocycles. The van der Waals surface area contributed by atoms with Gasteiger partial charge < -0.3 is 5.11 Å². The van der Waals surface area contributed by atoms with Crippen molar-refractivity contribution in [2.45, 2.75) is 25.4 Å². The molecule has 29 heavy (non-hydrogen) atoms. The molecule has 3 heterocycles. The van der Waals surface area contributed by atoms with Crippen LogP contribution in [-0.4, -0.2) is 31.7 Å². The summed E-state index contributed by atoms with van der Waals surface area (Å²) in [5.41, 5.74) is 0.234. The predicted octanol–water partition coefficient (Wildman–Crippen LogP) is 2.16. The molecule has 1 saturated heterocycles. The zero-order chi connectivity index (χ0) is 20.3. The van der Waals surface area contributed by atoms with Crippen molar-refractivity contribution < 1.29 is 14.7 Å². The van der Waals surface area contributed by atoms with Gasteiger partial charge in [0.05, 0.1) is 5.69 Å². The molecule has 0 unspecified atom stereocenters. The summed E-state index contributed by atoms with van der Waals surface area (Å²) in [4.78, 5) is 43.5. The van der Waals surface area contributed by atoms with E-state index in [4.69, 9.17) is 0 Å². The third-order valence-electron chi connectivity index (χ3n) is 5.52. The van der Waals surface area contributed by atoms with Gasteiger partial charge in [0.15, 0.2) is 11.5 Å². The lowest BCUT2D eigenvalue weighted by molar-refractivity contribution is -0.148. The number of aryl methyl sites for hydroxylation is 1. The maximum atomic E-state index is 12.8. The Hall–Kier alpha value is -3.81. The number of aliphatic carboxylic acids is 1. The number of anilines is 1. The summed E-state index contributed by atoms with van der Waals surface area (Å²) in [6.07, 6.45) is 0.0983. The standard InChI is InChI=1S/C21H16N4O4/c1-12-6-8-13(9-7-12)17-19(27)22-18-14-4-2-3-5-15(14)24-16(26)10-11-21(24,20(28)29)25(18)23-17/h2-9H,10-11H2,1H3,(H,28,29)/t21-/m0/s1. The summed E-state index contributed by atoms with van der Waals surface area (Å²) in [6.45, 7) is 1.92. The molecule has 2 aromatic carbocycles. The van der Waals surface area contributed by atoms with E-state index >= 15 is 0 Å². The van der Waals surface area contributed by atoms with Crippen LogP contribution in [0.25, 0.3) is 22.6 Å². The van der Waals surface area contributed by atoms with Gasteiger partial charge in [-0.2, -0.15) is 10.1 Å². The first-order chi connectivity index (χ1) is 13.9. The molecule has 5 rings (SSSR count). The number of carboxylic acids is 1. The number of hydrogen-bond donors (Lipinski definition) is 1. The molecule has 144 valence electrons. The first-order valence-electron chi connectivity index (χ1n) is 9.18. The minimum Gasteiger partial charge on any atom is -0.478 e. The Morgan fingerprint density at radius 1 is 1.10 bits per heavy atom. The number of carbonyl (C=O) groups excluding carboxylic acids is 1. The minimum absolute atomic E-state index is 0.0351. The first-order valence-corrected chi connectivity index (χ1v) is 9.18. The van der Waals surface area contributed by atoms with Gasteiger partial charge in [-0.15, -0.1) is 0 Å². The van der Waals surface area contributed by atoms with Crippen LogP contribution in [0.4, 0.5) is 5.69 Å². The molecule has 0 spiro atoms. The Balaban J connectivity index is 1.87. The molecule has 2 aliphatic rings. The van der Waals surface area contributed by atoms with Crippen molar-refractivity contribution in [3.8, 4) is 22.6 Å². The monoisotopic (exact) mass is 388 g/mol. The molecule has 3 aromatic rings. The largest absolute Gasteiger partial charge is 0.478 e. The highest BCUT2D eigenvalue weighted by atomic mass is 16.4. The molecule has 0 saturated carbocycles. The van der Waals surface area contributed by atoms with Crippen molar-refractivity contribution in [3.63, 3.8) is 0 Å². The summed E-state index contributed by atoms with van der Waals surface area (Å²) >= 11 is 0. The maximum Gasteiger partial charge on any atom is 0.353 e. The fraction of sp³-hybridized carbons (Fsp3) is 0.190. The predicted molar refractivity (Wildman–Crippen MR) is 104 cm³/mol. The molecular formula is C21H16N4O4. The van der Waals surface area contributed by atoms with E-state index in [1.54, 1.807) is 36.4 Å². The van der Waals surface area contributed by atoms with E-state index < -0.39 is 17.2 Å². The van der Waals surface area contributed by atoms with Crippen molar-refractivity contribution in [1.29, 1.82) is 0 Å². The second-order valence-electron chi connectivity index (χ2n) is 7.24. The summed E-state index contributed by atoms with van der Waals surface area (Å²) in [7, 11) is 0. The van der Waals surface area contributed by atoms with Crippen LogP contribution in [0, 0.1) is 6.92 Å². The second kappa shape index (κ2) is 5.84. The van der Waals surface area contributed by atoms with Crippen LogP contribution in [0.5, 0.6) is 0 Å². The van der Waals surface area contributed by atoms with Gasteiger partial charge in [0, 0.05) is 24.0 Å². The topological polar surface area (TPSA) is 105 Å².